The molecule has 0 unspecified atom stereocenters. The van der Waals surface area contributed by atoms with Crippen LogP contribution < -0.4 is 14.8 Å². The van der Waals surface area contributed by atoms with Gasteiger partial charge in [0.15, 0.2) is 16.6 Å². The van der Waals surface area contributed by atoms with Crippen molar-refractivity contribution in [3.05, 3.63) is 54.3 Å². The number of para-hydroxylation sites is 3. The second kappa shape index (κ2) is 8.02. The van der Waals surface area contributed by atoms with E-state index in [4.69, 9.17) is 21.7 Å². The summed E-state index contributed by atoms with van der Waals surface area (Å²) < 4.78 is 25.2. The molecule has 8 heteroatoms. The Kier molecular flexibility index (Phi) is 5.29. The van der Waals surface area contributed by atoms with Crippen LogP contribution >= 0.6 is 12.2 Å². The SMILES string of the molecule is O=C([C@H]1COc2ccccc2O1)N1CCN(C(=S)Nc2ccccc2F)CC1. The zero-order valence-corrected chi connectivity index (χ0v) is 16.0. The number of nitrogens with one attached hydrogen (secondary N) is 1. The van der Waals surface area contributed by atoms with E-state index in [2.05, 4.69) is 5.32 Å². The monoisotopic (exact) mass is 401 g/mol. The van der Waals surface area contributed by atoms with Crippen molar-refractivity contribution in [2.24, 2.45) is 0 Å². The van der Waals surface area contributed by atoms with E-state index in [0.717, 1.165) is 0 Å². The predicted octanol–water partition coefficient (Wildman–Crippen LogP) is 2.51. The summed E-state index contributed by atoms with van der Waals surface area (Å²) in [6.45, 7) is 2.36. The van der Waals surface area contributed by atoms with Crippen LogP contribution in [0, 0.1) is 5.82 Å². The molecule has 146 valence electrons. The molecule has 0 spiro atoms. The minimum atomic E-state index is -0.648. The molecule has 2 heterocycles. The van der Waals surface area contributed by atoms with E-state index in [1.165, 1.54) is 6.07 Å². The summed E-state index contributed by atoms with van der Waals surface area (Å²) in [6.07, 6.45) is -0.648. The number of amides is 1. The summed E-state index contributed by atoms with van der Waals surface area (Å²) in [5.74, 6) is 0.789. The number of ether oxygens (including phenoxy) is 2. The third-order valence-corrected chi connectivity index (χ3v) is 5.14. The Balaban J connectivity index is 1.31. The van der Waals surface area contributed by atoms with Crippen LogP contribution in [0.4, 0.5) is 10.1 Å². The maximum Gasteiger partial charge on any atom is 0.267 e. The summed E-state index contributed by atoms with van der Waals surface area (Å²) in [4.78, 5) is 16.5. The number of nitrogens with zero attached hydrogens (tertiary/aromatic N) is 2. The normalized spacial score (nSPS) is 18.5. The van der Waals surface area contributed by atoms with Gasteiger partial charge in [-0.2, -0.15) is 0 Å². The van der Waals surface area contributed by atoms with Gasteiger partial charge in [-0.05, 0) is 36.5 Å². The molecule has 1 saturated heterocycles. The molecule has 4 rings (SSSR count). The van der Waals surface area contributed by atoms with E-state index >= 15 is 0 Å². The third kappa shape index (κ3) is 3.87. The van der Waals surface area contributed by atoms with Crippen molar-refractivity contribution in [2.45, 2.75) is 6.10 Å². The zero-order valence-electron chi connectivity index (χ0n) is 15.1. The quantitative estimate of drug-likeness (QED) is 0.781. The first kappa shape index (κ1) is 18.5. The number of carbonyl (C=O) groups is 1. The number of benzene rings is 2. The van der Waals surface area contributed by atoms with Gasteiger partial charge in [-0.15, -0.1) is 0 Å². The fraction of sp³-hybridized carbons (Fsp3) is 0.300. The Morgan fingerprint density at radius 3 is 2.39 bits per heavy atom. The van der Waals surface area contributed by atoms with Crippen molar-refractivity contribution in [3.8, 4) is 11.5 Å². The molecule has 0 bridgehead atoms. The van der Waals surface area contributed by atoms with Crippen LogP contribution in [-0.2, 0) is 4.79 Å². The van der Waals surface area contributed by atoms with Crippen molar-refractivity contribution < 1.29 is 18.7 Å². The Morgan fingerprint density at radius 1 is 1.00 bits per heavy atom. The standard InChI is InChI=1S/C20H20FN3O3S/c21-14-5-1-2-6-15(14)22-20(28)24-11-9-23(10-12-24)19(25)18-13-26-16-7-3-4-8-17(16)27-18/h1-8,18H,9-13H2,(H,22,28)/t18-/m1/s1. The van der Waals surface area contributed by atoms with Gasteiger partial charge in [0.2, 0.25) is 6.10 Å². The molecule has 0 saturated carbocycles. The summed E-state index contributed by atoms with van der Waals surface area (Å²) in [5, 5.41) is 3.38. The van der Waals surface area contributed by atoms with Gasteiger partial charge in [-0.3, -0.25) is 4.79 Å². The van der Waals surface area contributed by atoms with Gasteiger partial charge in [0.05, 0.1) is 5.69 Å². The zero-order chi connectivity index (χ0) is 19.5. The van der Waals surface area contributed by atoms with Crippen LogP contribution in [0.1, 0.15) is 0 Å². The van der Waals surface area contributed by atoms with Gasteiger partial charge in [-0.25, -0.2) is 4.39 Å². The van der Waals surface area contributed by atoms with E-state index in [1.54, 1.807) is 29.2 Å². The lowest BCUT2D eigenvalue weighted by atomic mass is 10.2. The number of thiocarbonyl (C=S) groups is 1. The first-order valence-electron chi connectivity index (χ1n) is 9.09. The Labute approximate surface area is 167 Å². The topological polar surface area (TPSA) is 54.0 Å². The smallest absolute Gasteiger partial charge is 0.267 e. The lowest BCUT2D eigenvalue weighted by Gasteiger charge is -2.38. The lowest BCUT2D eigenvalue weighted by Crippen LogP contribution is -2.55. The van der Waals surface area contributed by atoms with E-state index in [9.17, 15) is 9.18 Å². The van der Waals surface area contributed by atoms with Crippen molar-refractivity contribution in [2.75, 3.05) is 38.1 Å². The fourth-order valence-corrected chi connectivity index (χ4v) is 3.52. The van der Waals surface area contributed by atoms with Crippen molar-refractivity contribution in [1.29, 1.82) is 0 Å². The predicted molar refractivity (Wildman–Crippen MR) is 107 cm³/mol. The average Bonchev–Trinajstić information content (AvgIpc) is 2.74. The van der Waals surface area contributed by atoms with Crippen LogP contribution in [0.2, 0.25) is 0 Å². The number of piperazine rings is 1. The molecule has 2 aromatic rings. The number of halogens is 1. The molecule has 2 aliphatic heterocycles. The van der Waals surface area contributed by atoms with E-state index in [0.29, 0.717) is 48.5 Å². The molecule has 2 aliphatic rings. The van der Waals surface area contributed by atoms with E-state index < -0.39 is 6.10 Å². The first-order chi connectivity index (χ1) is 13.6. The molecule has 1 amide bonds. The Hall–Kier alpha value is -2.87. The van der Waals surface area contributed by atoms with Crippen LogP contribution in [0.5, 0.6) is 11.5 Å². The maximum absolute atomic E-state index is 13.8. The van der Waals surface area contributed by atoms with Gasteiger partial charge < -0.3 is 24.6 Å². The van der Waals surface area contributed by atoms with Gasteiger partial charge >= 0.3 is 0 Å². The summed E-state index contributed by atoms with van der Waals surface area (Å²) in [5.41, 5.74) is 0.345. The largest absolute Gasteiger partial charge is 0.485 e. The lowest BCUT2D eigenvalue weighted by molar-refractivity contribution is -0.142. The fourth-order valence-electron chi connectivity index (χ4n) is 3.23. The molecular weight excluding hydrogens is 381 g/mol. The van der Waals surface area contributed by atoms with Gasteiger partial charge in [-0.1, -0.05) is 24.3 Å². The maximum atomic E-state index is 13.8. The third-order valence-electron chi connectivity index (χ3n) is 4.78. The number of anilines is 1. The van der Waals surface area contributed by atoms with Gasteiger partial charge in [0.25, 0.3) is 5.91 Å². The number of hydrogen-bond donors (Lipinski definition) is 1. The van der Waals surface area contributed by atoms with E-state index in [-0.39, 0.29) is 18.3 Å². The number of hydrogen-bond acceptors (Lipinski definition) is 4. The minimum Gasteiger partial charge on any atom is -0.485 e. The molecule has 6 nitrogen and oxygen atoms in total. The number of fused-ring (bicyclic) bond motifs is 1. The Morgan fingerprint density at radius 2 is 1.64 bits per heavy atom. The second-order valence-electron chi connectivity index (χ2n) is 6.59. The molecular formula is C20H20FN3O3S. The van der Waals surface area contributed by atoms with Gasteiger partial charge in [0.1, 0.15) is 12.4 Å². The molecule has 0 aliphatic carbocycles. The van der Waals surface area contributed by atoms with Crippen molar-refractivity contribution in [3.63, 3.8) is 0 Å². The van der Waals surface area contributed by atoms with E-state index in [1.807, 2.05) is 23.1 Å². The summed E-state index contributed by atoms with van der Waals surface area (Å²) >= 11 is 5.39. The van der Waals surface area contributed by atoms with Crippen molar-refractivity contribution >= 4 is 28.9 Å². The molecule has 28 heavy (non-hydrogen) atoms. The first-order valence-corrected chi connectivity index (χ1v) is 9.50. The van der Waals surface area contributed by atoms with Crippen LogP contribution in [0.3, 0.4) is 0 Å². The summed E-state index contributed by atoms with van der Waals surface area (Å²) in [7, 11) is 0. The second-order valence-corrected chi connectivity index (χ2v) is 6.97. The summed E-state index contributed by atoms with van der Waals surface area (Å²) in [6, 6.07) is 13.7. The molecule has 0 radical (unpaired) electrons. The van der Waals surface area contributed by atoms with Crippen LogP contribution in [0.25, 0.3) is 0 Å². The highest BCUT2D eigenvalue weighted by Gasteiger charge is 2.33. The van der Waals surface area contributed by atoms with Crippen LogP contribution in [0.15, 0.2) is 48.5 Å². The molecule has 1 atom stereocenters. The molecule has 1 fully saturated rings. The molecule has 0 aromatic heterocycles. The van der Waals surface area contributed by atoms with Crippen LogP contribution in [-0.4, -0.2) is 59.7 Å². The minimum absolute atomic E-state index is 0.0952. The molecule has 1 N–H and O–H groups in total. The number of rotatable bonds is 2. The number of carbonyl (C=O) groups excluding carboxylic acids is 1. The Bertz CT molecular complexity index is 887. The highest BCUT2D eigenvalue weighted by Crippen LogP contribution is 2.31. The van der Waals surface area contributed by atoms with Gasteiger partial charge in [0, 0.05) is 26.2 Å². The highest BCUT2D eigenvalue weighted by atomic mass is 32.1. The van der Waals surface area contributed by atoms with Crippen molar-refractivity contribution in [1.82, 2.24) is 9.80 Å². The highest BCUT2D eigenvalue weighted by molar-refractivity contribution is 7.80. The average molecular weight is 401 g/mol. The molecule has 2 aromatic carbocycles.